The molecule has 2 amide bonds. The van der Waals surface area contributed by atoms with Gasteiger partial charge < -0.3 is 9.47 Å². The summed E-state index contributed by atoms with van der Waals surface area (Å²) in [6, 6.07) is 20.9. The molecule has 0 heterocycles. The molecule has 0 saturated heterocycles. The average Bonchev–Trinajstić information content (AvgIpc) is 2.75. The monoisotopic (exact) mass is 392 g/mol. The predicted molar refractivity (Wildman–Crippen MR) is 112 cm³/mol. The van der Waals surface area contributed by atoms with Gasteiger partial charge in [-0.25, -0.2) is 0 Å². The summed E-state index contributed by atoms with van der Waals surface area (Å²) in [5.74, 6) is 0.298. The van der Waals surface area contributed by atoms with E-state index in [1.807, 2.05) is 62.4 Å². The number of hydrazine groups is 1. The molecule has 1 atom stereocenters. The number of rotatable bonds is 7. The third-order valence-corrected chi connectivity index (χ3v) is 4.38. The molecule has 0 radical (unpaired) electrons. The highest BCUT2D eigenvalue weighted by atomic mass is 16.5. The van der Waals surface area contributed by atoms with Crippen LogP contribution in [0.3, 0.4) is 0 Å². The molecule has 29 heavy (non-hydrogen) atoms. The van der Waals surface area contributed by atoms with E-state index in [9.17, 15) is 9.59 Å². The summed E-state index contributed by atoms with van der Waals surface area (Å²) < 4.78 is 11.2. The van der Waals surface area contributed by atoms with Crippen LogP contribution in [-0.2, 0) is 9.59 Å². The predicted octanol–water partition coefficient (Wildman–Crippen LogP) is 3.53. The smallest absolute Gasteiger partial charge is 0.279 e. The lowest BCUT2D eigenvalue weighted by Crippen LogP contribution is -2.49. The first-order valence-electron chi connectivity index (χ1n) is 9.49. The molecule has 3 aromatic rings. The molecule has 0 aliphatic carbocycles. The fourth-order valence-electron chi connectivity index (χ4n) is 2.76. The molecule has 0 aliphatic heterocycles. The average molecular weight is 392 g/mol. The Hall–Kier alpha value is -3.54. The van der Waals surface area contributed by atoms with Crippen LogP contribution in [0.15, 0.2) is 66.7 Å². The molecular weight excluding hydrogens is 368 g/mol. The zero-order valence-electron chi connectivity index (χ0n) is 16.5. The lowest BCUT2D eigenvalue weighted by molar-refractivity contribution is -0.134. The quantitative estimate of drug-likeness (QED) is 0.603. The van der Waals surface area contributed by atoms with Crippen molar-refractivity contribution in [2.75, 3.05) is 6.61 Å². The summed E-state index contributed by atoms with van der Waals surface area (Å²) in [4.78, 5) is 24.3. The fraction of sp³-hybridized carbons (Fsp3) is 0.217. The Balaban J connectivity index is 1.46. The van der Waals surface area contributed by atoms with Gasteiger partial charge >= 0.3 is 0 Å². The van der Waals surface area contributed by atoms with Crippen LogP contribution in [0.1, 0.15) is 18.9 Å². The number of carbonyl (C=O) groups excluding carboxylic acids is 2. The van der Waals surface area contributed by atoms with E-state index in [0.29, 0.717) is 17.9 Å². The van der Waals surface area contributed by atoms with E-state index in [2.05, 4.69) is 10.9 Å². The molecule has 0 saturated carbocycles. The van der Waals surface area contributed by atoms with E-state index in [0.717, 1.165) is 16.3 Å². The van der Waals surface area contributed by atoms with Gasteiger partial charge in [-0.2, -0.15) is 0 Å². The van der Waals surface area contributed by atoms with Crippen molar-refractivity contribution < 1.29 is 19.1 Å². The number of amides is 2. The van der Waals surface area contributed by atoms with Crippen LogP contribution in [-0.4, -0.2) is 24.5 Å². The van der Waals surface area contributed by atoms with Crippen LogP contribution in [0.25, 0.3) is 10.8 Å². The van der Waals surface area contributed by atoms with Crippen molar-refractivity contribution in [2.24, 2.45) is 0 Å². The minimum atomic E-state index is -0.709. The second-order valence-electron chi connectivity index (χ2n) is 6.66. The molecule has 2 N–H and O–H groups in total. The van der Waals surface area contributed by atoms with Crippen LogP contribution in [0.4, 0.5) is 0 Å². The fourth-order valence-corrected chi connectivity index (χ4v) is 2.76. The van der Waals surface area contributed by atoms with Gasteiger partial charge in [-0.1, -0.05) is 55.0 Å². The van der Waals surface area contributed by atoms with Crippen LogP contribution in [0.5, 0.6) is 11.5 Å². The Labute approximate surface area is 169 Å². The Morgan fingerprint density at radius 3 is 2.31 bits per heavy atom. The highest BCUT2D eigenvalue weighted by molar-refractivity contribution is 5.86. The third kappa shape index (κ3) is 5.72. The summed E-state index contributed by atoms with van der Waals surface area (Å²) in [5, 5.41) is 2.12. The number of ether oxygens (including phenoxy) is 2. The summed E-state index contributed by atoms with van der Waals surface area (Å²) in [5.41, 5.74) is 5.85. The van der Waals surface area contributed by atoms with Crippen molar-refractivity contribution in [3.63, 3.8) is 0 Å². The van der Waals surface area contributed by atoms with Crippen LogP contribution >= 0.6 is 0 Å². The summed E-state index contributed by atoms with van der Waals surface area (Å²) in [6.07, 6.45) is -0.247. The molecule has 150 valence electrons. The number of aryl methyl sites for hydroxylation is 1. The Morgan fingerprint density at radius 2 is 1.59 bits per heavy atom. The van der Waals surface area contributed by atoms with E-state index in [4.69, 9.17) is 9.47 Å². The van der Waals surface area contributed by atoms with E-state index in [-0.39, 0.29) is 6.61 Å². The molecule has 3 aromatic carbocycles. The second-order valence-corrected chi connectivity index (χ2v) is 6.66. The minimum Gasteiger partial charge on any atom is -0.484 e. The molecule has 6 nitrogen and oxygen atoms in total. The summed E-state index contributed by atoms with van der Waals surface area (Å²) >= 11 is 0. The molecular formula is C23H24N2O4. The van der Waals surface area contributed by atoms with Gasteiger partial charge in [-0.05, 0) is 48.4 Å². The topological polar surface area (TPSA) is 76.7 Å². The molecule has 3 rings (SSSR count). The summed E-state index contributed by atoms with van der Waals surface area (Å²) in [6.45, 7) is 3.60. The molecule has 0 aromatic heterocycles. The van der Waals surface area contributed by atoms with Gasteiger partial charge in [0.15, 0.2) is 12.7 Å². The van der Waals surface area contributed by atoms with Crippen molar-refractivity contribution in [3.05, 3.63) is 72.3 Å². The van der Waals surface area contributed by atoms with Gasteiger partial charge in [0.25, 0.3) is 11.8 Å². The maximum atomic E-state index is 12.3. The zero-order valence-corrected chi connectivity index (χ0v) is 16.5. The molecule has 0 bridgehead atoms. The lowest BCUT2D eigenvalue weighted by atomic mass is 10.1. The maximum Gasteiger partial charge on any atom is 0.279 e. The maximum absolute atomic E-state index is 12.3. The van der Waals surface area contributed by atoms with Gasteiger partial charge in [-0.3, -0.25) is 20.4 Å². The number of nitrogens with one attached hydrogen (secondary N) is 2. The molecule has 0 fully saturated rings. The Bertz CT molecular complexity index is 986. The molecule has 0 aliphatic rings. The van der Waals surface area contributed by atoms with E-state index >= 15 is 0 Å². The SMILES string of the molecule is CC[C@@H](Oc1ccc(C)cc1)C(=O)NNC(=O)COc1ccc2ccccc2c1. The van der Waals surface area contributed by atoms with Crippen molar-refractivity contribution in [1.29, 1.82) is 0 Å². The number of hydrogen-bond acceptors (Lipinski definition) is 4. The Morgan fingerprint density at radius 1 is 0.897 bits per heavy atom. The molecule has 0 unspecified atom stereocenters. The first-order valence-corrected chi connectivity index (χ1v) is 9.49. The Kier molecular flexibility index (Phi) is 6.68. The van der Waals surface area contributed by atoms with Crippen LogP contribution < -0.4 is 20.3 Å². The van der Waals surface area contributed by atoms with E-state index in [1.54, 1.807) is 18.2 Å². The van der Waals surface area contributed by atoms with Gasteiger partial charge in [0.1, 0.15) is 11.5 Å². The van der Waals surface area contributed by atoms with E-state index in [1.165, 1.54) is 0 Å². The van der Waals surface area contributed by atoms with Gasteiger partial charge in [-0.15, -0.1) is 0 Å². The second kappa shape index (κ2) is 9.59. The van der Waals surface area contributed by atoms with E-state index < -0.39 is 17.9 Å². The van der Waals surface area contributed by atoms with Gasteiger partial charge in [0, 0.05) is 0 Å². The number of hydrogen-bond donors (Lipinski definition) is 2. The zero-order chi connectivity index (χ0) is 20.6. The standard InChI is InChI=1S/C23H24N2O4/c1-3-21(29-19-11-8-16(2)9-12-19)23(27)25-24-22(26)15-28-20-13-10-17-6-4-5-7-18(17)14-20/h4-14,21H,3,15H2,1-2H3,(H,24,26)(H,25,27)/t21-/m1/s1. The van der Waals surface area contributed by atoms with Crippen LogP contribution in [0.2, 0.25) is 0 Å². The highest BCUT2D eigenvalue weighted by Crippen LogP contribution is 2.20. The normalized spacial score (nSPS) is 11.5. The van der Waals surface area contributed by atoms with Crippen molar-refractivity contribution in [1.82, 2.24) is 10.9 Å². The molecule has 6 heteroatoms. The largest absolute Gasteiger partial charge is 0.484 e. The first-order chi connectivity index (χ1) is 14.0. The minimum absolute atomic E-state index is 0.214. The molecule has 0 spiro atoms. The van der Waals surface area contributed by atoms with Crippen molar-refractivity contribution >= 4 is 22.6 Å². The van der Waals surface area contributed by atoms with Crippen molar-refractivity contribution in [3.8, 4) is 11.5 Å². The number of fused-ring (bicyclic) bond motifs is 1. The van der Waals surface area contributed by atoms with Crippen LogP contribution in [0, 0.1) is 6.92 Å². The highest BCUT2D eigenvalue weighted by Gasteiger charge is 2.19. The van der Waals surface area contributed by atoms with Gasteiger partial charge in [0.05, 0.1) is 0 Å². The number of benzene rings is 3. The summed E-state index contributed by atoms with van der Waals surface area (Å²) in [7, 11) is 0. The van der Waals surface area contributed by atoms with Crippen molar-refractivity contribution in [2.45, 2.75) is 26.4 Å². The first kappa shape index (κ1) is 20.2. The number of carbonyl (C=O) groups is 2. The lowest BCUT2D eigenvalue weighted by Gasteiger charge is -2.17. The van der Waals surface area contributed by atoms with Gasteiger partial charge in [0.2, 0.25) is 0 Å². The third-order valence-electron chi connectivity index (χ3n) is 4.38.